The molecule has 0 bridgehead atoms. The maximum atomic E-state index is 10.8. The Morgan fingerprint density at radius 3 is 2.64 bits per heavy atom. The van der Waals surface area contributed by atoms with Gasteiger partial charge in [0.2, 0.25) is 0 Å². The largest absolute Gasteiger partial charge is 0.481 e. The number of rotatable bonds is 9. The van der Waals surface area contributed by atoms with Crippen LogP contribution in [-0.2, 0) is 4.79 Å². The Bertz CT molecular complexity index is 143. The molecule has 0 heterocycles. The fourth-order valence-corrected chi connectivity index (χ4v) is 2.04. The Labute approximate surface area is 90.4 Å². The van der Waals surface area contributed by atoms with E-state index in [-0.39, 0.29) is 5.92 Å². The monoisotopic (exact) mass is 219 g/mol. The summed E-state index contributed by atoms with van der Waals surface area (Å²) < 4.78 is 0. The molecule has 0 rings (SSSR count). The Hall–Kier alpha value is -0.220. The fraction of sp³-hybridized carbons (Fsp3) is 0.900. The molecule has 0 fully saturated rings. The summed E-state index contributed by atoms with van der Waals surface area (Å²) in [6, 6.07) is 0. The minimum atomic E-state index is -0.654. The number of hydrogen-bond acceptors (Lipinski definition) is 3. The molecule has 0 saturated carbocycles. The SMILES string of the molecule is CCSCCC(CCCCN)C(=O)O. The van der Waals surface area contributed by atoms with Crippen molar-refractivity contribution in [3.63, 3.8) is 0 Å². The second-order valence-corrected chi connectivity index (χ2v) is 4.70. The van der Waals surface area contributed by atoms with Crippen LogP contribution >= 0.6 is 11.8 Å². The lowest BCUT2D eigenvalue weighted by Crippen LogP contribution is -2.15. The summed E-state index contributed by atoms with van der Waals surface area (Å²) >= 11 is 1.81. The number of nitrogens with two attached hydrogens (primary N) is 1. The van der Waals surface area contributed by atoms with E-state index in [0.717, 1.165) is 37.2 Å². The van der Waals surface area contributed by atoms with Gasteiger partial charge < -0.3 is 10.8 Å². The summed E-state index contributed by atoms with van der Waals surface area (Å²) in [5.41, 5.74) is 5.36. The maximum absolute atomic E-state index is 10.8. The first kappa shape index (κ1) is 13.8. The van der Waals surface area contributed by atoms with Crippen molar-refractivity contribution in [2.24, 2.45) is 11.7 Å². The summed E-state index contributed by atoms with van der Waals surface area (Å²) in [5.74, 6) is 1.20. The molecule has 14 heavy (non-hydrogen) atoms. The van der Waals surface area contributed by atoms with Crippen LogP contribution in [0.2, 0.25) is 0 Å². The smallest absolute Gasteiger partial charge is 0.306 e. The molecule has 1 atom stereocenters. The van der Waals surface area contributed by atoms with Crippen molar-refractivity contribution in [3.8, 4) is 0 Å². The van der Waals surface area contributed by atoms with Gasteiger partial charge in [-0.25, -0.2) is 0 Å². The zero-order valence-electron chi connectivity index (χ0n) is 8.87. The molecule has 0 spiro atoms. The first-order valence-corrected chi connectivity index (χ1v) is 6.38. The lowest BCUT2D eigenvalue weighted by Gasteiger charge is -2.10. The number of aliphatic carboxylic acids is 1. The lowest BCUT2D eigenvalue weighted by molar-refractivity contribution is -0.142. The zero-order valence-corrected chi connectivity index (χ0v) is 9.68. The predicted molar refractivity (Wildman–Crippen MR) is 61.6 cm³/mol. The van der Waals surface area contributed by atoms with Crippen LogP contribution in [0.3, 0.4) is 0 Å². The van der Waals surface area contributed by atoms with Gasteiger partial charge in [0, 0.05) is 0 Å². The van der Waals surface area contributed by atoms with Crippen molar-refractivity contribution in [2.45, 2.75) is 32.6 Å². The van der Waals surface area contributed by atoms with E-state index in [1.807, 2.05) is 0 Å². The van der Waals surface area contributed by atoms with Crippen LogP contribution in [0.15, 0.2) is 0 Å². The Kier molecular flexibility index (Phi) is 9.19. The molecule has 3 N–H and O–H groups in total. The van der Waals surface area contributed by atoms with Crippen LogP contribution in [0.25, 0.3) is 0 Å². The van der Waals surface area contributed by atoms with Crippen LogP contribution in [0.1, 0.15) is 32.6 Å². The minimum absolute atomic E-state index is 0.166. The molecule has 84 valence electrons. The van der Waals surface area contributed by atoms with E-state index >= 15 is 0 Å². The van der Waals surface area contributed by atoms with Gasteiger partial charge in [0.15, 0.2) is 0 Å². The molecule has 4 heteroatoms. The van der Waals surface area contributed by atoms with Crippen molar-refractivity contribution in [3.05, 3.63) is 0 Å². The van der Waals surface area contributed by atoms with E-state index in [9.17, 15) is 4.79 Å². The number of hydrogen-bond donors (Lipinski definition) is 2. The summed E-state index contributed by atoms with van der Waals surface area (Å²) in [5, 5.41) is 8.93. The number of carboxylic acid groups (broad SMARTS) is 1. The molecule has 3 nitrogen and oxygen atoms in total. The summed E-state index contributed by atoms with van der Waals surface area (Å²) in [4.78, 5) is 10.8. The highest BCUT2D eigenvalue weighted by Crippen LogP contribution is 2.16. The second-order valence-electron chi connectivity index (χ2n) is 3.31. The molecule has 0 aromatic carbocycles. The third-order valence-electron chi connectivity index (χ3n) is 2.17. The number of thioether (sulfide) groups is 1. The highest BCUT2D eigenvalue weighted by Gasteiger charge is 2.15. The highest BCUT2D eigenvalue weighted by molar-refractivity contribution is 7.99. The number of carbonyl (C=O) groups is 1. The van der Waals surface area contributed by atoms with Gasteiger partial charge in [0.25, 0.3) is 0 Å². The highest BCUT2D eigenvalue weighted by atomic mass is 32.2. The summed E-state index contributed by atoms with van der Waals surface area (Å²) in [6.45, 7) is 2.75. The minimum Gasteiger partial charge on any atom is -0.481 e. The van der Waals surface area contributed by atoms with Gasteiger partial charge in [0.05, 0.1) is 5.92 Å². The normalized spacial score (nSPS) is 12.7. The zero-order chi connectivity index (χ0) is 10.8. The Morgan fingerprint density at radius 1 is 1.43 bits per heavy atom. The van der Waals surface area contributed by atoms with Crippen molar-refractivity contribution in [1.29, 1.82) is 0 Å². The van der Waals surface area contributed by atoms with E-state index in [1.165, 1.54) is 0 Å². The average Bonchev–Trinajstić information content (AvgIpc) is 2.15. The lowest BCUT2D eigenvalue weighted by atomic mass is 9.99. The van der Waals surface area contributed by atoms with Gasteiger partial charge in [-0.1, -0.05) is 13.3 Å². The van der Waals surface area contributed by atoms with Crippen molar-refractivity contribution in [1.82, 2.24) is 0 Å². The van der Waals surface area contributed by atoms with Crippen LogP contribution in [0, 0.1) is 5.92 Å². The molecule has 0 aliphatic rings. The number of carboxylic acids is 1. The van der Waals surface area contributed by atoms with Gasteiger partial charge in [0.1, 0.15) is 0 Å². The first-order valence-electron chi connectivity index (χ1n) is 5.23. The Morgan fingerprint density at radius 2 is 2.14 bits per heavy atom. The van der Waals surface area contributed by atoms with Gasteiger partial charge in [-0.15, -0.1) is 0 Å². The van der Waals surface area contributed by atoms with Crippen LogP contribution < -0.4 is 5.73 Å². The van der Waals surface area contributed by atoms with Gasteiger partial charge in [-0.05, 0) is 37.3 Å². The quantitative estimate of drug-likeness (QED) is 0.582. The average molecular weight is 219 g/mol. The van der Waals surface area contributed by atoms with E-state index < -0.39 is 5.97 Å². The first-order chi connectivity index (χ1) is 6.72. The molecule has 0 amide bonds. The van der Waals surface area contributed by atoms with Gasteiger partial charge in [-0.2, -0.15) is 11.8 Å². The molecular weight excluding hydrogens is 198 g/mol. The van der Waals surface area contributed by atoms with Crippen molar-refractivity contribution < 1.29 is 9.90 Å². The molecule has 0 aromatic heterocycles. The van der Waals surface area contributed by atoms with E-state index in [4.69, 9.17) is 10.8 Å². The third kappa shape index (κ3) is 7.21. The molecule has 0 aromatic rings. The van der Waals surface area contributed by atoms with E-state index in [0.29, 0.717) is 6.54 Å². The summed E-state index contributed by atoms with van der Waals surface area (Å²) in [7, 11) is 0. The summed E-state index contributed by atoms with van der Waals surface area (Å²) in [6.07, 6.45) is 3.43. The van der Waals surface area contributed by atoms with E-state index in [2.05, 4.69) is 6.92 Å². The molecule has 0 saturated heterocycles. The second kappa shape index (κ2) is 9.34. The molecule has 0 radical (unpaired) electrons. The molecule has 0 aliphatic heterocycles. The topological polar surface area (TPSA) is 63.3 Å². The van der Waals surface area contributed by atoms with Gasteiger partial charge in [-0.3, -0.25) is 4.79 Å². The predicted octanol–water partition coefficient (Wildman–Crippen LogP) is 1.96. The fourth-order valence-electron chi connectivity index (χ4n) is 1.30. The van der Waals surface area contributed by atoms with Gasteiger partial charge >= 0.3 is 5.97 Å². The molecular formula is C10H21NO2S. The van der Waals surface area contributed by atoms with Crippen LogP contribution in [0.4, 0.5) is 0 Å². The number of unbranched alkanes of at least 4 members (excludes halogenated alkanes) is 1. The molecule has 0 aliphatic carbocycles. The molecule has 1 unspecified atom stereocenters. The van der Waals surface area contributed by atoms with E-state index in [1.54, 1.807) is 11.8 Å². The standard InChI is InChI=1S/C10H21NO2S/c1-2-14-8-6-9(10(12)13)5-3-4-7-11/h9H,2-8,11H2,1H3,(H,12,13). The Balaban J connectivity index is 3.61. The maximum Gasteiger partial charge on any atom is 0.306 e. The van der Waals surface area contributed by atoms with Crippen molar-refractivity contribution >= 4 is 17.7 Å². The third-order valence-corrected chi connectivity index (χ3v) is 3.10. The van der Waals surface area contributed by atoms with Crippen LogP contribution in [-0.4, -0.2) is 29.1 Å². The van der Waals surface area contributed by atoms with Crippen molar-refractivity contribution in [2.75, 3.05) is 18.1 Å². The van der Waals surface area contributed by atoms with Crippen LogP contribution in [0.5, 0.6) is 0 Å².